The smallest absolute Gasteiger partial charge is 0.257 e. The monoisotopic (exact) mass is 416 g/mol. The number of carbonyl (C=O) groups excluding carboxylic acids is 2. The Morgan fingerprint density at radius 1 is 0.839 bits per heavy atom. The molecule has 31 heavy (non-hydrogen) atoms. The molecule has 2 N–H and O–H groups in total. The summed E-state index contributed by atoms with van der Waals surface area (Å²) in [6.45, 7) is 8.73. The lowest BCUT2D eigenvalue weighted by Gasteiger charge is -2.13. The van der Waals surface area contributed by atoms with Gasteiger partial charge in [-0.1, -0.05) is 38.1 Å². The Labute approximate surface area is 183 Å². The first-order chi connectivity index (χ1) is 14.8. The zero-order valence-corrected chi connectivity index (χ0v) is 18.4. The molecule has 0 heterocycles. The van der Waals surface area contributed by atoms with Crippen molar-refractivity contribution in [3.8, 4) is 5.75 Å². The van der Waals surface area contributed by atoms with E-state index in [0.29, 0.717) is 40.8 Å². The van der Waals surface area contributed by atoms with Crippen molar-refractivity contribution in [2.24, 2.45) is 5.92 Å². The third-order valence-electron chi connectivity index (χ3n) is 4.86. The van der Waals surface area contributed by atoms with Crippen molar-refractivity contribution in [3.05, 3.63) is 89.0 Å². The van der Waals surface area contributed by atoms with Crippen LogP contribution in [0.3, 0.4) is 0 Å². The second-order valence-corrected chi connectivity index (χ2v) is 7.99. The molecule has 0 unspecified atom stereocenters. The third kappa shape index (κ3) is 5.95. The van der Waals surface area contributed by atoms with E-state index in [0.717, 1.165) is 11.1 Å². The zero-order chi connectivity index (χ0) is 22.4. The summed E-state index contributed by atoms with van der Waals surface area (Å²) < 4.78 is 5.71. The van der Waals surface area contributed by atoms with Gasteiger partial charge in [0.05, 0.1) is 17.9 Å². The molecule has 5 heteroatoms. The van der Waals surface area contributed by atoms with Crippen LogP contribution < -0.4 is 15.4 Å². The molecule has 0 aliphatic rings. The number of rotatable bonds is 7. The van der Waals surface area contributed by atoms with E-state index in [1.807, 2.05) is 38.1 Å². The van der Waals surface area contributed by atoms with E-state index in [1.54, 1.807) is 42.5 Å². The van der Waals surface area contributed by atoms with Gasteiger partial charge in [0.2, 0.25) is 0 Å². The van der Waals surface area contributed by atoms with Crippen LogP contribution in [-0.4, -0.2) is 18.4 Å². The van der Waals surface area contributed by atoms with E-state index < -0.39 is 0 Å². The number of para-hydroxylation sites is 1. The first kappa shape index (κ1) is 22.1. The quantitative estimate of drug-likeness (QED) is 0.508. The molecular weight excluding hydrogens is 388 g/mol. The molecule has 0 radical (unpaired) electrons. The van der Waals surface area contributed by atoms with Crippen LogP contribution in [0.2, 0.25) is 0 Å². The van der Waals surface area contributed by atoms with Crippen LogP contribution in [0.25, 0.3) is 0 Å². The van der Waals surface area contributed by atoms with Gasteiger partial charge in [-0.2, -0.15) is 0 Å². The van der Waals surface area contributed by atoms with E-state index in [-0.39, 0.29) is 11.8 Å². The molecule has 3 aromatic rings. The van der Waals surface area contributed by atoms with E-state index in [4.69, 9.17) is 4.74 Å². The molecule has 0 bridgehead atoms. The predicted molar refractivity (Wildman–Crippen MR) is 125 cm³/mol. The van der Waals surface area contributed by atoms with Gasteiger partial charge in [0.25, 0.3) is 11.8 Å². The zero-order valence-electron chi connectivity index (χ0n) is 18.4. The van der Waals surface area contributed by atoms with Gasteiger partial charge in [-0.25, -0.2) is 0 Å². The standard InChI is InChI=1S/C26H28N2O3/c1-17(2)16-31-22-9-7-8-20(15-22)25(29)28-24-11-6-5-10-23(24)26(30)27-21-13-12-18(3)19(4)14-21/h5-15,17H,16H2,1-4H3,(H,27,30)(H,28,29). The van der Waals surface area contributed by atoms with Crippen LogP contribution in [0.1, 0.15) is 45.7 Å². The Morgan fingerprint density at radius 3 is 2.35 bits per heavy atom. The lowest BCUT2D eigenvalue weighted by molar-refractivity contribution is 0.102. The van der Waals surface area contributed by atoms with Gasteiger partial charge in [-0.05, 0) is 73.4 Å². The molecule has 0 atom stereocenters. The minimum atomic E-state index is -0.304. The number of nitrogens with one attached hydrogen (secondary N) is 2. The van der Waals surface area contributed by atoms with Crippen molar-refractivity contribution in [1.82, 2.24) is 0 Å². The summed E-state index contributed by atoms with van der Waals surface area (Å²) in [6.07, 6.45) is 0. The van der Waals surface area contributed by atoms with Gasteiger partial charge in [-0.3, -0.25) is 9.59 Å². The maximum Gasteiger partial charge on any atom is 0.257 e. The molecule has 2 amide bonds. The second kappa shape index (κ2) is 9.94. The Hall–Kier alpha value is -3.60. The summed E-state index contributed by atoms with van der Waals surface area (Å²) >= 11 is 0. The van der Waals surface area contributed by atoms with Crippen molar-refractivity contribution < 1.29 is 14.3 Å². The number of aryl methyl sites for hydroxylation is 2. The molecule has 5 nitrogen and oxygen atoms in total. The molecule has 0 saturated heterocycles. The molecule has 0 spiro atoms. The van der Waals surface area contributed by atoms with E-state index in [1.165, 1.54) is 0 Å². The molecule has 160 valence electrons. The first-order valence-electron chi connectivity index (χ1n) is 10.4. The van der Waals surface area contributed by atoms with Gasteiger partial charge in [0.15, 0.2) is 0 Å². The van der Waals surface area contributed by atoms with Crippen LogP contribution in [-0.2, 0) is 0 Å². The van der Waals surface area contributed by atoms with Crippen molar-refractivity contribution in [2.75, 3.05) is 17.2 Å². The van der Waals surface area contributed by atoms with Gasteiger partial charge < -0.3 is 15.4 Å². The SMILES string of the molecule is Cc1ccc(NC(=O)c2ccccc2NC(=O)c2cccc(OCC(C)C)c2)cc1C. The van der Waals surface area contributed by atoms with Crippen LogP contribution in [0, 0.1) is 19.8 Å². The van der Waals surface area contributed by atoms with Gasteiger partial charge in [0.1, 0.15) is 5.75 Å². The average molecular weight is 417 g/mol. The molecular formula is C26H28N2O3. The lowest BCUT2D eigenvalue weighted by atomic mass is 10.1. The van der Waals surface area contributed by atoms with Crippen molar-refractivity contribution in [1.29, 1.82) is 0 Å². The first-order valence-corrected chi connectivity index (χ1v) is 10.4. The molecule has 0 aliphatic carbocycles. The average Bonchev–Trinajstić information content (AvgIpc) is 2.75. The Balaban J connectivity index is 1.75. The van der Waals surface area contributed by atoms with E-state index >= 15 is 0 Å². The number of anilines is 2. The van der Waals surface area contributed by atoms with Crippen molar-refractivity contribution >= 4 is 23.2 Å². The summed E-state index contributed by atoms with van der Waals surface area (Å²) in [5, 5.41) is 5.76. The fourth-order valence-electron chi connectivity index (χ4n) is 2.99. The number of ether oxygens (including phenoxy) is 1. The highest BCUT2D eigenvalue weighted by Crippen LogP contribution is 2.21. The molecule has 0 aliphatic heterocycles. The highest BCUT2D eigenvalue weighted by Gasteiger charge is 2.15. The Kier molecular flexibility index (Phi) is 7.08. The minimum Gasteiger partial charge on any atom is -0.493 e. The fraction of sp³-hybridized carbons (Fsp3) is 0.231. The normalized spacial score (nSPS) is 10.6. The van der Waals surface area contributed by atoms with Crippen LogP contribution in [0.5, 0.6) is 5.75 Å². The van der Waals surface area contributed by atoms with Gasteiger partial charge >= 0.3 is 0 Å². The number of hydrogen-bond donors (Lipinski definition) is 2. The molecule has 3 aromatic carbocycles. The molecule has 0 saturated carbocycles. The number of benzene rings is 3. The summed E-state index contributed by atoms with van der Waals surface area (Å²) in [4.78, 5) is 25.7. The fourth-order valence-corrected chi connectivity index (χ4v) is 2.99. The maximum absolute atomic E-state index is 12.9. The lowest BCUT2D eigenvalue weighted by Crippen LogP contribution is -2.18. The van der Waals surface area contributed by atoms with Crippen LogP contribution in [0.15, 0.2) is 66.7 Å². The summed E-state index contributed by atoms with van der Waals surface area (Å²) in [5.74, 6) is 0.442. The summed E-state index contributed by atoms with van der Waals surface area (Å²) in [7, 11) is 0. The molecule has 0 aromatic heterocycles. The van der Waals surface area contributed by atoms with Gasteiger partial charge in [0, 0.05) is 11.3 Å². The topological polar surface area (TPSA) is 67.4 Å². The number of amides is 2. The Morgan fingerprint density at radius 2 is 1.61 bits per heavy atom. The van der Waals surface area contributed by atoms with Gasteiger partial charge in [-0.15, -0.1) is 0 Å². The van der Waals surface area contributed by atoms with Crippen LogP contribution >= 0.6 is 0 Å². The highest BCUT2D eigenvalue weighted by molar-refractivity contribution is 6.12. The maximum atomic E-state index is 12.9. The van der Waals surface area contributed by atoms with Crippen molar-refractivity contribution in [2.45, 2.75) is 27.7 Å². The molecule has 3 rings (SSSR count). The summed E-state index contributed by atoms with van der Waals surface area (Å²) in [5.41, 5.74) is 4.27. The second-order valence-electron chi connectivity index (χ2n) is 7.99. The van der Waals surface area contributed by atoms with Crippen LogP contribution in [0.4, 0.5) is 11.4 Å². The van der Waals surface area contributed by atoms with E-state index in [9.17, 15) is 9.59 Å². The number of carbonyl (C=O) groups is 2. The third-order valence-corrected chi connectivity index (χ3v) is 4.86. The Bertz CT molecular complexity index is 1090. The molecule has 0 fully saturated rings. The highest BCUT2D eigenvalue weighted by atomic mass is 16.5. The minimum absolute atomic E-state index is 0.284. The van der Waals surface area contributed by atoms with Crippen molar-refractivity contribution in [3.63, 3.8) is 0 Å². The largest absolute Gasteiger partial charge is 0.493 e. The summed E-state index contributed by atoms with van der Waals surface area (Å²) in [6, 6.07) is 19.7. The number of hydrogen-bond acceptors (Lipinski definition) is 3. The predicted octanol–water partition coefficient (Wildman–Crippen LogP) is 5.84. The van der Waals surface area contributed by atoms with E-state index in [2.05, 4.69) is 24.5 Å².